The highest BCUT2D eigenvalue weighted by molar-refractivity contribution is 5.94. The van der Waals surface area contributed by atoms with E-state index in [-0.39, 0.29) is 12.2 Å². The molecule has 0 aromatic heterocycles. The van der Waals surface area contributed by atoms with Gasteiger partial charge in [-0.3, -0.25) is 9.59 Å². The summed E-state index contributed by atoms with van der Waals surface area (Å²) in [5, 5.41) is 11.0. The minimum absolute atomic E-state index is 0.0318. The maximum absolute atomic E-state index is 15.0. The molecule has 154 valence electrons. The highest BCUT2D eigenvalue weighted by Gasteiger charge is 2.40. The van der Waals surface area contributed by atoms with E-state index < -0.39 is 42.1 Å². The second-order valence-corrected chi connectivity index (χ2v) is 6.43. The van der Waals surface area contributed by atoms with Gasteiger partial charge in [-0.1, -0.05) is 60.7 Å². The van der Waals surface area contributed by atoms with Crippen molar-refractivity contribution in [3.8, 4) is 0 Å². The van der Waals surface area contributed by atoms with Crippen LogP contribution in [0.15, 0.2) is 60.7 Å². The lowest BCUT2D eigenvalue weighted by molar-refractivity contribution is -0.147. The number of nitrogens with one attached hydrogen (secondary N) is 1. The summed E-state index contributed by atoms with van der Waals surface area (Å²) in [5.74, 6) is -4.63. The smallest absolute Gasteiger partial charge is 0.408 e. The molecule has 0 saturated heterocycles. The zero-order valence-corrected chi connectivity index (χ0v) is 15.6. The van der Waals surface area contributed by atoms with Crippen molar-refractivity contribution in [2.24, 2.45) is 5.92 Å². The van der Waals surface area contributed by atoms with E-state index >= 15 is 0 Å². The van der Waals surface area contributed by atoms with Gasteiger partial charge in [-0.15, -0.1) is 0 Å². The Bertz CT molecular complexity index is 831. The Labute approximate surface area is 166 Å². The molecule has 4 atom stereocenters. The molecule has 2 aromatic carbocycles. The first-order valence-electron chi connectivity index (χ1n) is 8.88. The fourth-order valence-corrected chi connectivity index (χ4v) is 2.55. The summed E-state index contributed by atoms with van der Waals surface area (Å²) in [6, 6.07) is 14.1. The second-order valence-electron chi connectivity index (χ2n) is 6.43. The van der Waals surface area contributed by atoms with Crippen LogP contribution in [0.25, 0.3) is 0 Å². The average molecular weight is 405 g/mol. The molecule has 0 spiro atoms. The van der Waals surface area contributed by atoms with E-state index in [1.54, 1.807) is 36.4 Å². The van der Waals surface area contributed by atoms with Crippen LogP contribution in [0.3, 0.4) is 0 Å². The van der Waals surface area contributed by atoms with Gasteiger partial charge in [0.05, 0.1) is 5.92 Å². The monoisotopic (exact) mass is 405 g/mol. The van der Waals surface area contributed by atoms with Crippen LogP contribution in [0.1, 0.15) is 24.2 Å². The van der Waals surface area contributed by atoms with Crippen LogP contribution in [-0.2, 0) is 20.9 Å². The number of alkyl carbamates (subject to hydrolysis) is 1. The van der Waals surface area contributed by atoms with Gasteiger partial charge in [-0.05, 0) is 18.1 Å². The van der Waals surface area contributed by atoms with Gasteiger partial charge in [-0.25, -0.2) is 13.6 Å². The molecule has 0 heterocycles. The molecule has 0 aliphatic heterocycles. The molecule has 29 heavy (non-hydrogen) atoms. The van der Waals surface area contributed by atoms with Gasteiger partial charge in [0, 0.05) is 0 Å². The third kappa shape index (κ3) is 6.10. The third-order valence-electron chi connectivity index (χ3n) is 4.30. The van der Waals surface area contributed by atoms with Gasteiger partial charge < -0.3 is 15.2 Å². The number of hydrogen-bond donors (Lipinski definition) is 2. The predicted octanol–water partition coefficient (Wildman–Crippen LogP) is 3.62. The van der Waals surface area contributed by atoms with Crippen molar-refractivity contribution in [3.63, 3.8) is 0 Å². The van der Waals surface area contributed by atoms with Crippen LogP contribution in [0.2, 0.25) is 0 Å². The van der Waals surface area contributed by atoms with Crippen LogP contribution in [0, 0.1) is 5.92 Å². The van der Waals surface area contributed by atoms with Crippen LogP contribution in [-0.4, -0.2) is 35.2 Å². The summed E-state index contributed by atoms with van der Waals surface area (Å²) in [5.41, 5.74) is 0.692. The molecule has 0 fully saturated rings. The molecular weight excluding hydrogens is 384 g/mol. The number of rotatable bonds is 9. The number of carboxylic acids is 1. The van der Waals surface area contributed by atoms with Crippen molar-refractivity contribution in [3.05, 3.63) is 71.8 Å². The van der Waals surface area contributed by atoms with Crippen LogP contribution in [0.4, 0.5) is 13.6 Å². The Balaban J connectivity index is 2.16. The summed E-state index contributed by atoms with van der Waals surface area (Å²) < 4.78 is 34.3. The fraction of sp³-hybridized carbons (Fsp3) is 0.286. The lowest BCUT2D eigenvalue weighted by Crippen LogP contribution is -2.49. The normalized spacial score (nSPS) is 14.9. The van der Waals surface area contributed by atoms with Gasteiger partial charge in [0.15, 0.2) is 18.1 Å². The van der Waals surface area contributed by atoms with Crippen molar-refractivity contribution in [2.45, 2.75) is 31.9 Å². The fourth-order valence-electron chi connectivity index (χ4n) is 2.55. The van der Waals surface area contributed by atoms with Crippen molar-refractivity contribution in [1.29, 1.82) is 0 Å². The maximum Gasteiger partial charge on any atom is 0.408 e. The Morgan fingerprint density at radius 3 is 2.10 bits per heavy atom. The predicted molar refractivity (Wildman–Crippen MR) is 101 cm³/mol. The molecule has 0 aliphatic rings. The Morgan fingerprint density at radius 2 is 1.55 bits per heavy atom. The molecule has 2 N–H and O–H groups in total. The zero-order chi connectivity index (χ0) is 21.4. The molecule has 0 bridgehead atoms. The van der Waals surface area contributed by atoms with Crippen molar-refractivity contribution >= 4 is 17.8 Å². The topological polar surface area (TPSA) is 92.7 Å². The highest BCUT2D eigenvalue weighted by atomic mass is 19.1. The number of halogens is 2. The number of alkyl halides is 2. The van der Waals surface area contributed by atoms with Gasteiger partial charge in [0.2, 0.25) is 0 Å². The molecule has 2 aromatic rings. The number of aliphatic carboxylic acids is 1. The van der Waals surface area contributed by atoms with Crippen molar-refractivity contribution in [1.82, 2.24) is 5.32 Å². The molecule has 1 amide bonds. The van der Waals surface area contributed by atoms with E-state index in [2.05, 4.69) is 0 Å². The van der Waals surface area contributed by atoms with E-state index in [0.29, 0.717) is 5.56 Å². The van der Waals surface area contributed by atoms with Crippen LogP contribution >= 0.6 is 0 Å². The molecule has 6 nitrogen and oxygen atoms in total. The number of carbonyl (C=O) groups excluding carboxylic acids is 2. The molecule has 0 radical (unpaired) electrons. The molecule has 0 saturated carbocycles. The average Bonchev–Trinajstić information content (AvgIpc) is 2.75. The summed E-state index contributed by atoms with van der Waals surface area (Å²) in [6.07, 6.45) is -5.72. The molecule has 8 heteroatoms. The largest absolute Gasteiger partial charge is 0.481 e. The molecule has 0 aliphatic carbocycles. The van der Waals surface area contributed by atoms with E-state index in [0.717, 1.165) is 6.92 Å². The number of benzene rings is 2. The SMILES string of the molecule is CC(C(=O)O)C(F)C(=O)C(NC(=O)OCc1ccccc1)C(F)c1ccccc1. The number of hydrogen-bond acceptors (Lipinski definition) is 4. The molecule has 4 unspecified atom stereocenters. The second kappa shape index (κ2) is 10.3. The first-order chi connectivity index (χ1) is 13.8. The summed E-state index contributed by atoms with van der Waals surface area (Å²) in [6.45, 7) is 0.853. The van der Waals surface area contributed by atoms with Crippen LogP contribution in [0.5, 0.6) is 0 Å². The number of carboxylic acid groups (broad SMARTS) is 1. The number of ketones is 1. The maximum atomic E-state index is 15.0. The van der Waals surface area contributed by atoms with Gasteiger partial charge in [0.25, 0.3) is 0 Å². The van der Waals surface area contributed by atoms with Gasteiger partial charge in [-0.2, -0.15) is 0 Å². The van der Waals surface area contributed by atoms with Gasteiger partial charge >= 0.3 is 12.1 Å². The summed E-state index contributed by atoms with van der Waals surface area (Å²) in [7, 11) is 0. The Hall–Kier alpha value is -3.29. The summed E-state index contributed by atoms with van der Waals surface area (Å²) in [4.78, 5) is 35.6. The molecular formula is C21H21F2NO5. The van der Waals surface area contributed by atoms with E-state index in [4.69, 9.17) is 9.84 Å². The highest BCUT2D eigenvalue weighted by Crippen LogP contribution is 2.25. The first-order valence-corrected chi connectivity index (χ1v) is 8.88. The lowest BCUT2D eigenvalue weighted by Gasteiger charge is -2.24. The number of Topliss-reactive ketones (excluding diaryl/α,β-unsaturated/α-hetero) is 1. The number of carbonyl (C=O) groups is 3. The van der Waals surface area contributed by atoms with E-state index in [9.17, 15) is 23.2 Å². The zero-order valence-electron chi connectivity index (χ0n) is 15.6. The quantitative estimate of drug-likeness (QED) is 0.665. The van der Waals surface area contributed by atoms with Crippen LogP contribution < -0.4 is 5.32 Å². The van der Waals surface area contributed by atoms with Crippen molar-refractivity contribution in [2.75, 3.05) is 0 Å². The number of amides is 1. The standard InChI is InChI=1S/C21H21F2NO5/c1-13(20(26)27)16(22)19(25)18(17(23)15-10-6-3-7-11-15)24-21(28)29-12-14-8-4-2-5-9-14/h2-11,13,16-18H,12H2,1H3,(H,24,28)(H,26,27). The number of ether oxygens (including phenoxy) is 1. The first kappa shape index (κ1) is 22.0. The Morgan fingerprint density at radius 1 is 1.00 bits per heavy atom. The third-order valence-corrected chi connectivity index (χ3v) is 4.30. The van der Waals surface area contributed by atoms with E-state index in [1.807, 2.05) is 5.32 Å². The van der Waals surface area contributed by atoms with E-state index in [1.165, 1.54) is 24.3 Å². The Kier molecular flexibility index (Phi) is 7.82. The van der Waals surface area contributed by atoms with Gasteiger partial charge in [0.1, 0.15) is 12.6 Å². The van der Waals surface area contributed by atoms with Crippen molar-refractivity contribution < 1.29 is 33.0 Å². The minimum atomic E-state index is -2.51. The minimum Gasteiger partial charge on any atom is -0.481 e. The molecule has 2 rings (SSSR count). The lowest BCUT2D eigenvalue weighted by atomic mass is 9.93. The summed E-state index contributed by atoms with van der Waals surface area (Å²) >= 11 is 0.